The SMILES string of the molecule is CC(C)[C@@H](C(=O)N1C[C@H](O)C[C@H]1C(=O)C[C@@H](C)c1ccc(-c2ccnn2C)cc1)c1cc(OCC2CCN(C(=O)OC(C)(C)C)CC2)no1.CC(C)[C@H](C(=O)N1C[C@H](O)C[C@H]1C(=O)C[C@@H](C)c1ccc(-c2ccnn2C)cc1)c1cc(OCC2CCN(C(=O)OC(C)(C)C)CC2)no1. The summed E-state index contributed by atoms with van der Waals surface area (Å²) in [6.07, 6.45) is 5.37. The Morgan fingerprint density at radius 3 is 1.18 bits per heavy atom. The van der Waals surface area contributed by atoms with E-state index in [0.29, 0.717) is 62.7 Å². The van der Waals surface area contributed by atoms with Crippen molar-refractivity contribution < 1.29 is 67.0 Å². The predicted octanol–water partition coefficient (Wildman–Crippen LogP) is 11.1. The van der Waals surface area contributed by atoms with E-state index < -0.39 is 47.3 Å². The number of likely N-dealkylation sites (tertiary alicyclic amines) is 4. The van der Waals surface area contributed by atoms with Gasteiger partial charge in [-0.25, -0.2) is 9.59 Å². The lowest BCUT2D eigenvalue weighted by atomic mass is 9.89. The van der Waals surface area contributed by atoms with Crippen molar-refractivity contribution in [1.29, 1.82) is 0 Å². The number of β-amino-alcohol motifs (C(OH)–C–C–N with tert-alkyl or cyclic N) is 2. The van der Waals surface area contributed by atoms with Crippen molar-refractivity contribution in [2.75, 3.05) is 52.5 Å². The number of amides is 4. The molecule has 8 atom stereocenters. The topological polar surface area (TPSA) is 280 Å². The molecule has 8 heterocycles. The van der Waals surface area contributed by atoms with Crippen molar-refractivity contribution >= 4 is 35.6 Å². The third-order valence-corrected chi connectivity index (χ3v) is 19.0. The molecule has 0 radical (unpaired) electrons. The van der Waals surface area contributed by atoms with Gasteiger partial charge in [0.1, 0.15) is 23.0 Å². The number of hydrogen-bond acceptors (Lipinski definition) is 18. The molecule has 0 spiro atoms. The quantitative estimate of drug-likeness (QED) is 0.0639. The number of carbonyl (C=O) groups excluding carboxylic acids is 6. The van der Waals surface area contributed by atoms with Gasteiger partial charge in [0.2, 0.25) is 11.8 Å². The second-order valence-corrected chi connectivity index (χ2v) is 29.9. The number of benzene rings is 2. The lowest BCUT2D eigenvalue weighted by Crippen LogP contribution is -2.44. The third kappa shape index (κ3) is 19.1. The van der Waals surface area contributed by atoms with Crippen LogP contribution in [0.5, 0.6) is 11.8 Å². The molecule has 0 bridgehead atoms. The maximum absolute atomic E-state index is 14.1. The summed E-state index contributed by atoms with van der Waals surface area (Å²) in [5, 5.41) is 37.9. The summed E-state index contributed by atoms with van der Waals surface area (Å²) in [4.78, 5) is 86.7. The first-order valence-corrected chi connectivity index (χ1v) is 34.7. The van der Waals surface area contributed by atoms with Gasteiger partial charge in [0.05, 0.1) is 48.9 Å². The van der Waals surface area contributed by atoms with Crippen molar-refractivity contribution in [3.8, 4) is 34.3 Å². The maximum Gasteiger partial charge on any atom is 0.410 e. The Labute approximate surface area is 575 Å². The fraction of sp³-hybridized carbons (Fsp3) is 0.595. The summed E-state index contributed by atoms with van der Waals surface area (Å²) in [5.41, 5.74) is 5.08. The summed E-state index contributed by atoms with van der Waals surface area (Å²) in [5.74, 6) is -0.735. The molecule has 0 unspecified atom stereocenters. The Bertz CT molecular complexity index is 3400. The van der Waals surface area contributed by atoms with Crippen molar-refractivity contribution in [3.63, 3.8) is 0 Å². The average molecular weight is 1360 g/mol. The van der Waals surface area contributed by atoms with Crippen molar-refractivity contribution in [2.24, 2.45) is 37.8 Å². The molecule has 24 heteroatoms. The molecule has 0 aliphatic carbocycles. The fourth-order valence-electron chi connectivity index (χ4n) is 13.5. The van der Waals surface area contributed by atoms with Gasteiger partial charge in [0, 0.05) is 104 Å². The van der Waals surface area contributed by atoms with Gasteiger partial charge < -0.3 is 57.8 Å². The Morgan fingerprint density at radius 2 is 0.878 bits per heavy atom. The number of aryl methyl sites for hydroxylation is 2. The van der Waals surface area contributed by atoms with E-state index in [1.807, 2.05) is 167 Å². The minimum absolute atomic E-state index is 0.0674. The molecule has 2 N–H and O–H groups in total. The van der Waals surface area contributed by atoms with E-state index in [1.165, 1.54) is 9.80 Å². The number of ketones is 2. The van der Waals surface area contributed by atoms with Crippen LogP contribution in [0.3, 0.4) is 0 Å². The van der Waals surface area contributed by atoms with Gasteiger partial charge in [-0.1, -0.05) is 90.1 Å². The average Bonchev–Trinajstić information content (AvgIpc) is 1.63. The fourth-order valence-corrected chi connectivity index (χ4v) is 13.5. The van der Waals surface area contributed by atoms with Crippen LogP contribution in [0, 0.1) is 23.7 Å². The largest absolute Gasteiger partial charge is 0.475 e. The van der Waals surface area contributed by atoms with Crippen molar-refractivity contribution in [3.05, 3.63) is 108 Å². The predicted molar refractivity (Wildman–Crippen MR) is 366 cm³/mol. The number of carbonyl (C=O) groups is 6. The monoisotopic (exact) mass is 1350 g/mol. The van der Waals surface area contributed by atoms with Crippen LogP contribution >= 0.6 is 0 Å². The van der Waals surface area contributed by atoms with E-state index in [0.717, 1.165) is 59.3 Å². The van der Waals surface area contributed by atoms with Crippen LogP contribution in [0.1, 0.15) is 181 Å². The Morgan fingerprint density at radius 1 is 0.531 bits per heavy atom. The molecule has 4 saturated heterocycles. The van der Waals surface area contributed by atoms with Gasteiger partial charge in [-0.2, -0.15) is 10.2 Å². The first kappa shape index (κ1) is 73.9. The Hall–Kier alpha value is -8.38. The smallest absolute Gasteiger partial charge is 0.410 e. The van der Waals surface area contributed by atoms with E-state index in [-0.39, 0.29) is 110 Å². The summed E-state index contributed by atoms with van der Waals surface area (Å²) in [6.45, 7) is 26.2. The number of aromatic nitrogens is 6. The van der Waals surface area contributed by atoms with Crippen LogP contribution in [-0.4, -0.2) is 183 Å². The van der Waals surface area contributed by atoms with Gasteiger partial charge in [0.15, 0.2) is 23.1 Å². The Kier molecular flexibility index (Phi) is 24.2. The molecule has 4 fully saturated rings. The van der Waals surface area contributed by atoms with Crippen LogP contribution in [0.15, 0.2) is 94.2 Å². The van der Waals surface area contributed by atoms with Crippen LogP contribution in [-0.2, 0) is 42.7 Å². The van der Waals surface area contributed by atoms with Crippen LogP contribution in [0.4, 0.5) is 9.59 Å². The van der Waals surface area contributed by atoms with Gasteiger partial charge in [-0.15, -0.1) is 0 Å². The van der Waals surface area contributed by atoms with Crippen molar-refractivity contribution in [2.45, 2.75) is 194 Å². The highest BCUT2D eigenvalue weighted by Crippen LogP contribution is 2.37. The number of hydrogen-bond donors (Lipinski definition) is 2. The third-order valence-electron chi connectivity index (χ3n) is 19.0. The number of Topliss-reactive ketones (excluding diaryl/α,β-unsaturated/α-hetero) is 2. The molecule has 532 valence electrons. The molecule has 10 rings (SSSR count). The highest BCUT2D eigenvalue weighted by Gasteiger charge is 2.45. The summed E-state index contributed by atoms with van der Waals surface area (Å²) in [7, 11) is 3.80. The molecule has 4 amide bonds. The van der Waals surface area contributed by atoms with Crippen LogP contribution < -0.4 is 9.47 Å². The molecule has 0 saturated carbocycles. The molecule has 24 nitrogen and oxygen atoms in total. The van der Waals surface area contributed by atoms with E-state index in [4.69, 9.17) is 28.0 Å². The van der Waals surface area contributed by atoms with E-state index in [9.17, 15) is 39.0 Å². The second kappa shape index (κ2) is 32.1. The number of nitrogens with zero attached hydrogens (tertiary/aromatic N) is 10. The molecule has 4 aliphatic rings. The highest BCUT2D eigenvalue weighted by atomic mass is 16.6. The Balaban J connectivity index is 0.000000229. The minimum Gasteiger partial charge on any atom is -0.475 e. The second-order valence-electron chi connectivity index (χ2n) is 29.9. The number of piperidine rings is 2. The van der Waals surface area contributed by atoms with Crippen molar-refractivity contribution in [1.82, 2.24) is 49.5 Å². The molecular formula is C74H102N10O14. The van der Waals surface area contributed by atoms with Gasteiger partial charge in [-0.05, 0) is 147 Å². The highest BCUT2D eigenvalue weighted by molar-refractivity contribution is 5.93. The lowest BCUT2D eigenvalue weighted by Gasteiger charge is -2.33. The summed E-state index contributed by atoms with van der Waals surface area (Å²) in [6, 6.07) is 22.0. The first-order valence-electron chi connectivity index (χ1n) is 34.7. The molecule has 98 heavy (non-hydrogen) atoms. The number of rotatable bonds is 22. The van der Waals surface area contributed by atoms with E-state index in [1.54, 1.807) is 34.3 Å². The number of aliphatic hydroxyl groups excluding tert-OH is 2. The standard InChI is InChI=1S/2C37H51N5O7/c2*1-23(2)34(32-20-33(39-49-32)47-22-25-13-16-41(17-14-25)36(46)48-37(4,5)6)35(45)42-21-28(43)19-30(42)31(44)18-24(3)26-8-10-27(11-9-26)29-12-15-38-40(29)7/h2*8-12,15,20,23-25,28,30,34,43H,13-14,16-19,21-22H2,1-7H3/t24-,28-,30+,34+;24-,28-,30+,34-/m11/s1. The van der Waals surface area contributed by atoms with Gasteiger partial charge >= 0.3 is 12.2 Å². The molecule has 6 aromatic rings. The molecule has 2 aromatic carbocycles. The summed E-state index contributed by atoms with van der Waals surface area (Å²) >= 11 is 0. The van der Waals surface area contributed by atoms with Gasteiger partial charge in [-0.3, -0.25) is 28.5 Å². The van der Waals surface area contributed by atoms with Crippen LogP contribution in [0.2, 0.25) is 0 Å². The first-order chi connectivity index (χ1) is 46.4. The minimum atomic E-state index is -0.783. The summed E-state index contributed by atoms with van der Waals surface area (Å²) < 4.78 is 37.8. The molecule has 4 aliphatic heterocycles. The number of aliphatic hydroxyl groups is 2. The normalized spacial score (nSPS) is 20.0. The zero-order valence-electron chi connectivity index (χ0n) is 59.6. The zero-order chi connectivity index (χ0) is 70.9. The van der Waals surface area contributed by atoms with Gasteiger partial charge in [0.25, 0.3) is 11.8 Å². The zero-order valence-corrected chi connectivity index (χ0v) is 59.6. The van der Waals surface area contributed by atoms with Crippen LogP contribution in [0.25, 0.3) is 22.5 Å². The van der Waals surface area contributed by atoms with E-state index >= 15 is 0 Å². The molecule has 4 aromatic heterocycles. The van der Waals surface area contributed by atoms with E-state index in [2.05, 4.69) is 20.5 Å². The maximum atomic E-state index is 14.1. The lowest BCUT2D eigenvalue weighted by molar-refractivity contribution is -0.140. The molecular weight excluding hydrogens is 1250 g/mol. The number of ether oxygens (including phenoxy) is 4.